The number of nitrogens with zero attached hydrogens (tertiary/aromatic N) is 1. The third kappa shape index (κ3) is 5.59. The van der Waals surface area contributed by atoms with Crippen molar-refractivity contribution in [1.29, 1.82) is 0 Å². The zero-order valence-corrected chi connectivity index (χ0v) is 12.7. The van der Waals surface area contributed by atoms with Crippen molar-refractivity contribution in [3.05, 3.63) is 22.4 Å². The number of hydrogen-bond acceptors (Lipinski definition) is 4. The van der Waals surface area contributed by atoms with Crippen molar-refractivity contribution < 1.29 is 9.59 Å². The van der Waals surface area contributed by atoms with E-state index in [0.717, 1.165) is 0 Å². The first-order valence-corrected chi connectivity index (χ1v) is 6.76. The first-order chi connectivity index (χ1) is 8.56. The largest absolute Gasteiger partial charge is 0.351 e. The van der Waals surface area contributed by atoms with Crippen LogP contribution >= 0.6 is 23.7 Å². The minimum Gasteiger partial charge on any atom is -0.351 e. The smallest absolute Gasteiger partial charge is 0.252 e. The highest BCUT2D eigenvalue weighted by atomic mass is 35.5. The Labute approximate surface area is 123 Å². The van der Waals surface area contributed by atoms with Gasteiger partial charge in [0, 0.05) is 43.5 Å². The summed E-state index contributed by atoms with van der Waals surface area (Å²) in [4.78, 5) is 24.9. The van der Waals surface area contributed by atoms with Crippen molar-refractivity contribution in [3.8, 4) is 0 Å². The molecule has 0 bridgehead atoms. The number of nitrogens with two attached hydrogens (primary N) is 1. The summed E-state index contributed by atoms with van der Waals surface area (Å²) in [6.45, 7) is 2.67. The van der Waals surface area contributed by atoms with Gasteiger partial charge in [-0.1, -0.05) is 0 Å². The number of hydrogen-bond donors (Lipinski definition) is 2. The maximum absolute atomic E-state index is 11.7. The van der Waals surface area contributed by atoms with Gasteiger partial charge in [-0.2, -0.15) is 11.3 Å². The van der Waals surface area contributed by atoms with Crippen LogP contribution in [0.4, 0.5) is 0 Å². The molecule has 5 nitrogen and oxygen atoms in total. The lowest BCUT2D eigenvalue weighted by Crippen LogP contribution is -2.41. The van der Waals surface area contributed by atoms with Crippen molar-refractivity contribution >= 4 is 35.6 Å². The number of likely N-dealkylation sites (N-methyl/N-ethyl adjacent to an activating group) is 1. The molecule has 108 valence electrons. The van der Waals surface area contributed by atoms with Crippen LogP contribution in [0.25, 0.3) is 0 Å². The summed E-state index contributed by atoms with van der Waals surface area (Å²) in [7, 11) is 1.72. The molecule has 1 rings (SSSR count). The number of thiophene rings is 1. The third-order valence-corrected chi connectivity index (χ3v) is 3.49. The summed E-state index contributed by atoms with van der Waals surface area (Å²) in [5, 5.41) is 6.34. The summed E-state index contributed by atoms with van der Waals surface area (Å²) in [5.41, 5.74) is 6.12. The van der Waals surface area contributed by atoms with E-state index in [4.69, 9.17) is 5.73 Å². The van der Waals surface area contributed by atoms with E-state index in [2.05, 4.69) is 5.32 Å². The van der Waals surface area contributed by atoms with Gasteiger partial charge in [-0.05, 0) is 18.4 Å². The second kappa shape index (κ2) is 8.90. The van der Waals surface area contributed by atoms with Crippen LogP contribution in [0.5, 0.6) is 0 Å². The molecular formula is C12H20ClN3O2S. The summed E-state index contributed by atoms with van der Waals surface area (Å²) >= 11 is 1.47. The molecule has 1 atom stereocenters. The molecule has 1 aromatic heterocycles. The fraction of sp³-hybridized carbons (Fsp3) is 0.500. The lowest BCUT2D eigenvalue weighted by molar-refractivity contribution is -0.131. The summed E-state index contributed by atoms with van der Waals surface area (Å²) in [6.07, 6.45) is 0.288. The van der Waals surface area contributed by atoms with Gasteiger partial charge in [-0.25, -0.2) is 0 Å². The van der Waals surface area contributed by atoms with Gasteiger partial charge in [0.15, 0.2) is 0 Å². The summed E-state index contributed by atoms with van der Waals surface area (Å²) in [6, 6.07) is 1.77. The predicted octanol–water partition coefficient (Wildman–Crippen LogP) is 1.10. The van der Waals surface area contributed by atoms with Crippen molar-refractivity contribution in [1.82, 2.24) is 10.2 Å². The Morgan fingerprint density at radius 1 is 1.53 bits per heavy atom. The standard InChI is InChI=1S/C12H19N3O2S.ClH/c1-9(7-13)15(2)11(16)3-5-14-12(17)10-4-6-18-8-10;/h4,6,8-9H,3,5,7,13H2,1-2H3,(H,14,17);1H. The molecule has 1 unspecified atom stereocenters. The van der Waals surface area contributed by atoms with Crippen LogP contribution in [-0.4, -0.2) is 42.9 Å². The highest BCUT2D eigenvalue weighted by Crippen LogP contribution is 2.05. The first kappa shape index (κ1) is 17.9. The molecule has 0 aliphatic carbocycles. The third-order valence-electron chi connectivity index (χ3n) is 2.80. The molecule has 0 saturated heterocycles. The van der Waals surface area contributed by atoms with Crippen LogP contribution in [0.2, 0.25) is 0 Å². The molecule has 7 heteroatoms. The van der Waals surface area contributed by atoms with E-state index in [1.165, 1.54) is 11.3 Å². The van der Waals surface area contributed by atoms with Crippen molar-refractivity contribution in [3.63, 3.8) is 0 Å². The average Bonchev–Trinajstić information content (AvgIpc) is 2.90. The Morgan fingerprint density at radius 2 is 2.21 bits per heavy atom. The lowest BCUT2D eigenvalue weighted by Gasteiger charge is -2.23. The minimum atomic E-state index is -0.140. The Morgan fingerprint density at radius 3 is 2.74 bits per heavy atom. The van der Waals surface area contributed by atoms with E-state index < -0.39 is 0 Å². The van der Waals surface area contributed by atoms with Crippen LogP contribution in [0.15, 0.2) is 16.8 Å². The van der Waals surface area contributed by atoms with Gasteiger partial charge in [-0.15, -0.1) is 12.4 Å². The van der Waals surface area contributed by atoms with Crippen LogP contribution in [0.3, 0.4) is 0 Å². The van der Waals surface area contributed by atoms with Gasteiger partial charge in [0.2, 0.25) is 5.91 Å². The topological polar surface area (TPSA) is 75.4 Å². The van der Waals surface area contributed by atoms with Gasteiger partial charge in [-0.3, -0.25) is 9.59 Å². The van der Waals surface area contributed by atoms with E-state index in [1.54, 1.807) is 23.4 Å². The van der Waals surface area contributed by atoms with Gasteiger partial charge in [0.1, 0.15) is 0 Å². The molecule has 0 radical (unpaired) electrons. The minimum absolute atomic E-state index is 0. The van der Waals surface area contributed by atoms with Crippen molar-refractivity contribution in [2.24, 2.45) is 5.73 Å². The normalized spacial score (nSPS) is 11.3. The maximum Gasteiger partial charge on any atom is 0.252 e. The van der Waals surface area contributed by atoms with Gasteiger partial charge < -0.3 is 16.0 Å². The molecule has 0 fully saturated rings. The Bertz CT molecular complexity index is 398. The molecule has 0 saturated carbocycles. The van der Waals surface area contributed by atoms with E-state index in [1.807, 2.05) is 12.3 Å². The quantitative estimate of drug-likeness (QED) is 0.826. The van der Waals surface area contributed by atoms with Crippen molar-refractivity contribution in [2.75, 3.05) is 20.1 Å². The fourth-order valence-corrected chi connectivity index (χ4v) is 1.99. The first-order valence-electron chi connectivity index (χ1n) is 5.82. The highest BCUT2D eigenvalue weighted by Gasteiger charge is 2.14. The predicted molar refractivity (Wildman–Crippen MR) is 79.8 cm³/mol. The number of carbonyl (C=O) groups is 2. The van der Waals surface area contributed by atoms with Crippen molar-refractivity contribution in [2.45, 2.75) is 19.4 Å². The van der Waals surface area contributed by atoms with Crippen LogP contribution in [0.1, 0.15) is 23.7 Å². The second-order valence-electron chi connectivity index (χ2n) is 4.11. The van der Waals surface area contributed by atoms with Crippen LogP contribution in [0, 0.1) is 0 Å². The molecular weight excluding hydrogens is 286 g/mol. The number of carbonyl (C=O) groups excluding carboxylic acids is 2. The molecule has 0 aromatic carbocycles. The molecule has 19 heavy (non-hydrogen) atoms. The molecule has 3 N–H and O–H groups in total. The number of rotatable bonds is 6. The highest BCUT2D eigenvalue weighted by molar-refractivity contribution is 7.08. The van der Waals surface area contributed by atoms with E-state index >= 15 is 0 Å². The SMILES string of the molecule is CC(CN)N(C)C(=O)CCNC(=O)c1ccsc1.Cl. The number of amides is 2. The average molecular weight is 306 g/mol. The number of halogens is 1. The molecule has 0 spiro atoms. The summed E-state index contributed by atoms with van der Waals surface area (Å²) < 4.78 is 0. The van der Waals surface area contributed by atoms with Crippen LogP contribution < -0.4 is 11.1 Å². The molecule has 1 heterocycles. The van der Waals surface area contributed by atoms with Gasteiger partial charge >= 0.3 is 0 Å². The molecule has 2 amide bonds. The van der Waals surface area contributed by atoms with Gasteiger partial charge in [0.05, 0.1) is 0 Å². The zero-order chi connectivity index (χ0) is 13.5. The second-order valence-corrected chi connectivity index (χ2v) is 4.89. The zero-order valence-electron chi connectivity index (χ0n) is 11.1. The van der Waals surface area contributed by atoms with E-state index in [0.29, 0.717) is 18.7 Å². The number of nitrogens with one attached hydrogen (secondary N) is 1. The van der Waals surface area contributed by atoms with E-state index in [-0.39, 0.29) is 36.7 Å². The fourth-order valence-electron chi connectivity index (χ4n) is 1.36. The Kier molecular flexibility index (Phi) is 8.38. The van der Waals surface area contributed by atoms with E-state index in [9.17, 15) is 9.59 Å². The summed E-state index contributed by atoms with van der Waals surface area (Å²) in [5.74, 6) is -0.155. The molecule has 0 aliphatic rings. The molecule has 0 aliphatic heterocycles. The maximum atomic E-state index is 11.7. The molecule has 1 aromatic rings. The Hall–Kier alpha value is -1.11. The van der Waals surface area contributed by atoms with Gasteiger partial charge in [0.25, 0.3) is 5.91 Å². The lowest BCUT2D eigenvalue weighted by atomic mass is 10.2. The Balaban J connectivity index is 0.00000324. The monoisotopic (exact) mass is 305 g/mol. The van der Waals surface area contributed by atoms with Crippen LogP contribution in [-0.2, 0) is 4.79 Å².